The molecule has 0 fully saturated rings. The lowest BCUT2D eigenvalue weighted by molar-refractivity contribution is -0.113. The van der Waals surface area contributed by atoms with Crippen molar-refractivity contribution in [1.82, 2.24) is 14.8 Å². The second-order valence-corrected chi connectivity index (χ2v) is 8.38. The summed E-state index contributed by atoms with van der Waals surface area (Å²) in [6.07, 6.45) is 0.665. The van der Waals surface area contributed by atoms with E-state index < -0.39 is 0 Å². The largest absolute Gasteiger partial charge is 0.325 e. The molecule has 0 aliphatic heterocycles. The van der Waals surface area contributed by atoms with Crippen LogP contribution in [0.1, 0.15) is 22.5 Å². The second kappa shape index (κ2) is 9.62. The highest BCUT2D eigenvalue weighted by molar-refractivity contribution is 7.99. The molecule has 3 aromatic carbocycles. The van der Waals surface area contributed by atoms with Crippen LogP contribution in [-0.2, 0) is 11.2 Å². The smallest absolute Gasteiger partial charge is 0.234 e. The van der Waals surface area contributed by atoms with Crippen molar-refractivity contribution < 1.29 is 4.79 Å². The predicted octanol–water partition coefficient (Wildman–Crippen LogP) is 5.21. The fraction of sp³-hybridized carbons (Fsp3) is 0.160. The zero-order valence-corrected chi connectivity index (χ0v) is 18.4. The molecule has 0 saturated heterocycles. The Hall–Kier alpha value is -3.38. The van der Waals surface area contributed by atoms with E-state index in [-0.39, 0.29) is 11.7 Å². The van der Waals surface area contributed by atoms with Crippen LogP contribution in [0.4, 0.5) is 5.69 Å². The first kappa shape index (κ1) is 20.9. The molecule has 6 heteroatoms. The van der Waals surface area contributed by atoms with E-state index in [9.17, 15) is 4.79 Å². The maximum absolute atomic E-state index is 12.5. The van der Waals surface area contributed by atoms with Crippen LogP contribution < -0.4 is 5.32 Å². The zero-order chi connectivity index (χ0) is 21.6. The number of carbonyl (C=O) groups excluding carboxylic acids is 1. The van der Waals surface area contributed by atoms with Crippen molar-refractivity contribution in [3.8, 4) is 5.69 Å². The monoisotopic (exact) mass is 428 g/mol. The fourth-order valence-corrected chi connectivity index (χ4v) is 3.97. The van der Waals surface area contributed by atoms with Crippen molar-refractivity contribution >= 4 is 23.4 Å². The Morgan fingerprint density at radius 3 is 2.19 bits per heavy atom. The van der Waals surface area contributed by atoms with Gasteiger partial charge in [-0.2, -0.15) is 0 Å². The molecule has 31 heavy (non-hydrogen) atoms. The Kier molecular flexibility index (Phi) is 6.48. The molecule has 1 aromatic heterocycles. The number of carbonyl (C=O) groups is 1. The number of rotatable bonds is 7. The molecule has 5 nitrogen and oxygen atoms in total. The van der Waals surface area contributed by atoms with Crippen LogP contribution in [0.2, 0.25) is 0 Å². The molecule has 0 spiro atoms. The Balaban J connectivity index is 1.54. The molecule has 1 heterocycles. The minimum Gasteiger partial charge on any atom is -0.325 e. The van der Waals surface area contributed by atoms with Gasteiger partial charge in [0.15, 0.2) is 5.16 Å². The molecule has 0 bridgehead atoms. The molecule has 1 N–H and O–H groups in total. The second-order valence-electron chi connectivity index (χ2n) is 7.44. The summed E-state index contributed by atoms with van der Waals surface area (Å²) >= 11 is 1.39. The van der Waals surface area contributed by atoms with Crippen LogP contribution in [0, 0.1) is 13.8 Å². The molecule has 0 aliphatic carbocycles. The van der Waals surface area contributed by atoms with Crippen LogP contribution in [0.15, 0.2) is 84.0 Å². The predicted molar refractivity (Wildman–Crippen MR) is 126 cm³/mol. The first-order chi connectivity index (χ1) is 15.1. The molecule has 0 unspecified atom stereocenters. The van der Waals surface area contributed by atoms with Crippen LogP contribution >= 0.6 is 11.8 Å². The molecule has 156 valence electrons. The molecule has 4 aromatic rings. The maximum atomic E-state index is 12.5. The Morgan fingerprint density at radius 1 is 0.871 bits per heavy atom. The van der Waals surface area contributed by atoms with Crippen molar-refractivity contribution in [1.29, 1.82) is 0 Å². The fourth-order valence-electron chi connectivity index (χ4n) is 3.20. The first-order valence-electron chi connectivity index (χ1n) is 10.1. The van der Waals surface area contributed by atoms with Crippen molar-refractivity contribution in [2.24, 2.45) is 0 Å². The highest BCUT2D eigenvalue weighted by Gasteiger charge is 2.16. The summed E-state index contributed by atoms with van der Waals surface area (Å²) in [7, 11) is 0. The van der Waals surface area contributed by atoms with Gasteiger partial charge in [-0.05, 0) is 43.7 Å². The van der Waals surface area contributed by atoms with E-state index in [1.165, 1.54) is 17.3 Å². The summed E-state index contributed by atoms with van der Waals surface area (Å²) in [5, 5.41) is 12.5. The summed E-state index contributed by atoms with van der Waals surface area (Å²) in [5.74, 6) is 1.02. The summed E-state index contributed by atoms with van der Waals surface area (Å²) in [6.45, 7) is 4.08. The van der Waals surface area contributed by atoms with Gasteiger partial charge < -0.3 is 5.32 Å². The van der Waals surface area contributed by atoms with Crippen molar-refractivity contribution in [3.05, 3.63) is 101 Å². The van der Waals surface area contributed by atoms with Crippen LogP contribution in [0.5, 0.6) is 0 Å². The summed E-state index contributed by atoms with van der Waals surface area (Å²) in [4.78, 5) is 12.5. The number of anilines is 1. The van der Waals surface area contributed by atoms with E-state index in [0.717, 1.165) is 28.3 Å². The van der Waals surface area contributed by atoms with E-state index in [2.05, 4.69) is 58.8 Å². The SMILES string of the molecule is Cc1ccc(NC(=O)CSc2nnc(Cc3ccccc3)n2-c2ccc(C)cc2)cc1. The number of nitrogens with zero attached hydrogens (tertiary/aromatic N) is 3. The molecule has 0 radical (unpaired) electrons. The van der Waals surface area contributed by atoms with E-state index in [1.54, 1.807) is 0 Å². The van der Waals surface area contributed by atoms with Gasteiger partial charge in [-0.1, -0.05) is 77.5 Å². The van der Waals surface area contributed by atoms with E-state index in [4.69, 9.17) is 0 Å². The summed E-state index contributed by atoms with van der Waals surface area (Å²) in [5.41, 5.74) is 5.29. The molecule has 4 rings (SSSR count). The minimum atomic E-state index is -0.0723. The van der Waals surface area contributed by atoms with Gasteiger partial charge in [0.05, 0.1) is 5.75 Å². The number of thioether (sulfide) groups is 1. The number of amides is 1. The lowest BCUT2D eigenvalue weighted by Crippen LogP contribution is -2.14. The number of benzene rings is 3. The lowest BCUT2D eigenvalue weighted by Gasteiger charge is -2.11. The lowest BCUT2D eigenvalue weighted by atomic mass is 10.1. The molecular formula is C25H24N4OS. The van der Waals surface area contributed by atoms with Crippen molar-refractivity contribution in [2.75, 3.05) is 11.1 Å². The van der Waals surface area contributed by atoms with E-state index in [0.29, 0.717) is 11.6 Å². The van der Waals surface area contributed by atoms with Gasteiger partial charge in [0, 0.05) is 17.8 Å². The third-order valence-electron chi connectivity index (χ3n) is 4.87. The number of hydrogen-bond donors (Lipinski definition) is 1. The number of nitrogens with one attached hydrogen (secondary N) is 1. The van der Waals surface area contributed by atoms with Gasteiger partial charge in [-0.15, -0.1) is 10.2 Å². The maximum Gasteiger partial charge on any atom is 0.234 e. The van der Waals surface area contributed by atoms with Gasteiger partial charge in [0.25, 0.3) is 0 Å². The highest BCUT2D eigenvalue weighted by Crippen LogP contribution is 2.24. The van der Waals surface area contributed by atoms with E-state index >= 15 is 0 Å². The normalized spacial score (nSPS) is 10.8. The average Bonchev–Trinajstić information content (AvgIpc) is 3.17. The van der Waals surface area contributed by atoms with Gasteiger partial charge in [-0.25, -0.2) is 0 Å². The number of aromatic nitrogens is 3. The molecular weight excluding hydrogens is 404 g/mol. The summed E-state index contributed by atoms with van der Waals surface area (Å²) in [6, 6.07) is 26.2. The minimum absolute atomic E-state index is 0.0723. The quantitative estimate of drug-likeness (QED) is 0.411. The van der Waals surface area contributed by atoms with Crippen LogP contribution in [-0.4, -0.2) is 26.4 Å². The molecule has 0 atom stereocenters. The third-order valence-corrected chi connectivity index (χ3v) is 5.79. The Morgan fingerprint density at radius 2 is 1.52 bits per heavy atom. The van der Waals surface area contributed by atoms with E-state index in [1.807, 2.05) is 54.0 Å². The van der Waals surface area contributed by atoms with Crippen molar-refractivity contribution in [2.45, 2.75) is 25.4 Å². The third kappa shape index (κ3) is 5.41. The Labute approximate surface area is 186 Å². The van der Waals surface area contributed by atoms with Gasteiger partial charge >= 0.3 is 0 Å². The number of hydrogen-bond acceptors (Lipinski definition) is 4. The van der Waals surface area contributed by atoms with Crippen LogP contribution in [0.25, 0.3) is 5.69 Å². The molecule has 1 amide bonds. The first-order valence-corrected chi connectivity index (χ1v) is 11.1. The standard InChI is InChI=1S/C25H24N4OS/c1-18-8-12-21(13-9-18)26-24(30)17-31-25-28-27-23(16-20-6-4-3-5-7-20)29(25)22-14-10-19(2)11-15-22/h3-15H,16-17H2,1-2H3,(H,26,30). The average molecular weight is 429 g/mol. The number of aryl methyl sites for hydroxylation is 2. The topological polar surface area (TPSA) is 59.8 Å². The van der Waals surface area contributed by atoms with Crippen LogP contribution in [0.3, 0.4) is 0 Å². The highest BCUT2D eigenvalue weighted by atomic mass is 32.2. The van der Waals surface area contributed by atoms with Gasteiger partial charge in [0.2, 0.25) is 5.91 Å². The van der Waals surface area contributed by atoms with Gasteiger partial charge in [0.1, 0.15) is 5.82 Å². The van der Waals surface area contributed by atoms with Crippen molar-refractivity contribution in [3.63, 3.8) is 0 Å². The Bertz CT molecular complexity index is 1150. The molecule has 0 aliphatic rings. The molecule has 0 saturated carbocycles. The zero-order valence-electron chi connectivity index (χ0n) is 17.6. The summed E-state index contributed by atoms with van der Waals surface area (Å²) < 4.78 is 2.04. The van der Waals surface area contributed by atoms with Gasteiger partial charge in [-0.3, -0.25) is 9.36 Å².